The first-order valence-corrected chi connectivity index (χ1v) is 8.33. The molecule has 1 saturated heterocycles. The Hall–Kier alpha value is -1.91. The summed E-state index contributed by atoms with van der Waals surface area (Å²) in [5.41, 5.74) is 2.47. The SMILES string of the molecule is CN1CCC(Oc2ccc(CNCc3cccnc3)cc2)CC1. The Morgan fingerprint density at radius 1 is 1.09 bits per heavy atom. The van der Waals surface area contributed by atoms with E-state index in [1.54, 1.807) is 6.20 Å². The molecule has 0 bridgehead atoms. The highest BCUT2D eigenvalue weighted by atomic mass is 16.5. The Kier molecular flexibility index (Phi) is 5.61. The van der Waals surface area contributed by atoms with E-state index in [0.717, 1.165) is 44.8 Å². The summed E-state index contributed by atoms with van der Waals surface area (Å²) in [5.74, 6) is 0.982. The fourth-order valence-corrected chi connectivity index (χ4v) is 2.83. The first kappa shape index (κ1) is 16.0. The van der Waals surface area contributed by atoms with Gasteiger partial charge in [-0.3, -0.25) is 4.98 Å². The first-order chi connectivity index (χ1) is 11.3. The number of piperidine rings is 1. The van der Waals surface area contributed by atoms with Crippen molar-refractivity contribution in [3.63, 3.8) is 0 Å². The quantitative estimate of drug-likeness (QED) is 0.890. The summed E-state index contributed by atoms with van der Waals surface area (Å²) in [6.45, 7) is 3.94. The van der Waals surface area contributed by atoms with Crippen molar-refractivity contribution in [3.8, 4) is 5.75 Å². The van der Waals surface area contributed by atoms with Crippen molar-refractivity contribution >= 4 is 0 Å². The Morgan fingerprint density at radius 3 is 2.52 bits per heavy atom. The summed E-state index contributed by atoms with van der Waals surface area (Å²) in [4.78, 5) is 6.48. The maximum Gasteiger partial charge on any atom is 0.119 e. The van der Waals surface area contributed by atoms with Crippen LogP contribution in [0.5, 0.6) is 5.75 Å². The fraction of sp³-hybridized carbons (Fsp3) is 0.421. The van der Waals surface area contributed by atoms with Crippen LogP contribution in [0.3, 0.4) is 0 Å². The molecule has 1 fully saturated rings. The largest absolute Gasteiger partial charge is 0.490 e. The van der Waals surface area contributed by atoms with Gasteiger partial charge in [0.05, 0.1) is 0 Å². The van der Waals surface area contributed by atoms with Crippen LogP contribution in [0, 0.1) is 0 Å². The third-order valence-corrected chi connectivity index (χ3v) is 4.27. The lowest BCUT2D eigenvalue weighted by Gasteiger charge is -2.29. The smallest absolute Gasteiger partial charge is 0.119 e. The van der Waals surface area contributed by atoms with Crippen LogP contribution in [0.2, 0.25) is 0 Å². The van der Waals surface area contributed by atoms with Gasteiger partial charge in [-0.05, 0) is 49.2 Å². The molecule has 1 aliphatic heterocycles. The number of nitrogens with zero attached hydrogens (tertiary/aromatic N) is 2. The molecule has 0 radical (unpaired) electrons. The van der Waals surface area contributed by atoms with E-state index in [1.807, 2.05) is 12.3 Å². The number of pyridine rings is 1. The Bertz CT molecular complexity index is 577. The highest BCUT2D eigenvalue weighted by molar-refractivity contribution is 5.27. The zero-order valence-electron chi connectivity index (χ0n) is 13.7. The summed E-state index contributed by atoms with van der Waals surface area (Å²) in [7, 11) is 2.17. The molecule has 1 aromatic heterocycles. The molecular formula is C19H25N3O. The van der Waals surface area contributed by atoms with Gasteiger partial charge in [0.15, 0.2) is 0 Å². The topological polar surface area (TPSA) is 37.4 Å². The predicted molar refractivity (Wildman–Crippen MR) is 92.4 cm³/mol. The molecule has 2 aromatic rings. The Labute approximate surface area is 138 Å². The number of hydrogen-bond donors (Lipinski definition) is 1. The van der Waals surface area contributed by atoms with Crippen LogP contribution in [0.4, 0.5) is 0 Å². The highest BCUT2D eigenvalue weighted by Gasteiger charge is 2.17. The van der Waals surface area contributed by atoms with E-state index < -0.39 is 0 Å². The predicted octanol–water partition coefficient (Wildman–Crippen LogP) is 2.84. The highest BCUT2D eigenvalue weighted by Crippen LogP contribution is 2.19. The second-order valence-electron chi connectivity index (χ2n) is 6.23. The molecule has 3 rings (SSSR count). The van der Waals surface area contributed by atoms with E-state index in [9.17, 15) is 0 Å². The number of rotatable bonds is 6. The van der Waals surface area contributed by atoms with Gasteiger partial charge in [0, 0.05) is 38.6 Å². The maximum absolute atomic E-state index is 6.08. The molecule has 23 heavy (non-hydrogen) atoms. The summed E-state index contributed by atoms with van der Waals surface area (Å²) in [5, 5.41) is 3.44. The average Bonchev–Trinajstić information content (AvgIpc) is 2.59. The van der Waals surface area contributed by atoms with Gasteiger partial charge in [-0.1, -0.05) is 18.2 Å². The van der Waals surface area contributed by atoms with Crippen molar-refractivity contribution in [3.05, 3.63) is 59.9 Å². The fourth-order valence-electron chi connectivity index (χ4n) is 2.83. The van der Waals surface area contributed by atoms with Crippen LogP contribution in [0.1, 0.15) is 24.0 Å². The normalized spacial score (nSPS) is 16.4. The van der Waals surface area contributed by atoms with E-state index in [1.165, 1.54) is 11.1 Å². The number of benzene rings is 1. The molecule has 0 unspecified atom stereocenters. The molecule has 0 spiro atoms. The third kappa shape index (κ3) is 5.05. The zero-order valence-corrected chi connectivity index (χ0v) is 13.7. The number of hydrogen-bond acceptors (Lipinski definition) is 4. The number of nitrogens with one attached hydrogen (secondary N) is 1. The minimum absolute atomic E-state index is 0.362. The van der Waals surface area contributed by atoms with Gasteiger partial charge in [0.25, 0.3) is 0 Å². The molecule has 1 aliphatic rings. The molecule has 122 valence electrons. The van der Waals surface area contributed by atoms with Crippen LogP contribution in [-0.4, -0.2) is 36.1 Å². The Morgan fingerprint density at radius 2 is 1.83 bits per heavy atom. The van der Waals surface area contributed by atoms with Crippen LogP contribution < -0.4 is 10.1 Å². The molecule has 1 aromatic carbocycles. The lowest BCUT2D eigenvalue weighted by Crippen LogP contribution is -2.35. The van der Waals surface area contributed by atoms with Gasteiger partial charge >= 0.3 is 0 Å². The summed E-state index contributed by atoms with van der Waals surface area (Å²) in [6.07, 6.45) is 6.29. The number of ether oxygens (including phenoxy) is 1. The molecule has 4 nitrogen and oxygen atoms in total. The van der Waals surface area contributed by atoms with E-state index in [2.05, 4.69) is 52.6 Å². The molecule has 0 amide bonds. The lowest BCUT2D eigenvalue weighted by molar-refractivity contribution is 0.114. The Balaban J connectivity index is 1.43. The van der Waals surface area contributed by atoms with Gasteiger partial charge < -0.3 is 15.0 Å². The third-order valence-electron chi connectivity index (χ3n) is 4.27. The average molecular weight is 311 g/mol. The van der Waals surface area contributed by atoms with E-state index in [4.69, 9.17) is 4.74 Å². The second kappa shape index (κ2) is 8.09. The first-order valence-electron chi connectivity index (χ1n) is 8.33. The standard InChI is InChI=1S/C19H25N3O/c1-22-11-8-19(9-12-22)23-18-6-4-16(5-7-18)13-21-15-17-3-2-10-20-14-17/h2-7,10,14,19,21H,8-9,11-13,15H2,1H3. The zero-order chi connectivity index (χ0) is 15.9. The van der Waals surface area contributed by atoms with Crippen molar-refractivity contribution < 1.29 is 4.74 Å². The van der Waals surface area contributed by atoms with Crippen LogP contribution in [0.25, 0.3) is 0 Å². The minimum atomic E-state index is 0.362. The van der Waals surface area contributed by atoms with Gasteiger partial charge in [0.2, 0.25) is 0 Å². The minimum Gasteiger partial charge on any atom is -0.490 e. The number of aromatic nitrogens is 1. The van der Waals surface area contributed by atoms with E-state index >= 15 is 0 Å². The van der Waals surface area contributed by atoms with Crippen molar-refractivity contribution in [2.24, 2.45) is 0 Å². The van der Waals surface area contributed by atoms with Gasteiger partial charge in [0.1, 0.15) is 11.9 Å². The molecule has 0 saturated carbocycles. The molecule has 0 aliphatic carbocycles. The van der Waals surface area contributed by atoms with Gasteiger partial charge in [-0.25, -0.2) is 0 Å². The molecule has 1 N–H and O–H groups in total. The molecule has 4 heteroatoms. The molecule has 2 heterocycles. The van der Waals surface area contributed by atoms with Crippen molar-refractivity contribution in [2.45, 2.75) is 32.0 Å². The summed E-state index contributed by atoms with van der Waals surface area (Å²) < 4.78 is 6.08. The number of likely N-dealkylation sites (tertiary alicyclic amines) is 1. The van der Waals surface area contributed by atoms with Crippen molar-refractivity contribution in [1.29, 1.82) is 0 Å². The second-order valence-corrected chi connectivity index (χ2v) is 6.23. The lowest BCUT2D eigenvalue weighted by atomic mass is 10.1. The van der Waals surface area contributed by atoms with Gasteiger partial charge in [-0.2, -0.15) is 0 Å². The van der Waals surface area contributed by atoms with E-state index in [-0.39, 0.29) is 0 Å². The van der Waals surface area contributed by atoms with Gasteiger partial charge in [-0.15, -0.1) is 0 Å². The molecular weight excluding hydrogens is 286 g/mol. The van der Waals surface area contributed by atoms with Crippen LogP contribution >= 0.6 is 0 Å². The van der Waals surface area contributed by atoms with Crippen LogP contribution in [-0.2, 0) is 13.1 Å². The summed E-state index contributed by atoms with van der Waals surface area (Å²) in [6, 6.07) is 12.5. The monoisotopic (exact) mass is 311 g/mol. The van der Waals surface area contributed by atoms with Crippen molar-refractivity contribution in [1.82, 2.24) is 15.2 Å². The van der Waals surface area contributed by atoms with E-state index in [0.29, 0.717) is 6.10 Å². The summed E-state index contributed by atoms with van der Waals surface area (Å²) >= 11 is 0. The van der Waals surface area contributed by atoms with Crippen molar-refractivity contribution in [2.75, 3.05) is 20.1 Å². The van der Waals surface area contributed by atoms with Crippen LogP contribution in [0.15, 0.2) is 48.8 Å². The maximum atomic E-state index is 6.08. The molecule has 0 atom stereocenters.